The zero-order valence-corrected chi connectivity index (χ0v) is 27.7. The summed E-state index contributed by atoms with van der Waals surface area (Å²) < 4.78 is 85.5. The van der Waals surface area contributed by atoms with Crippen LogP contribution in [0.5, 0.6) is 0 Å². The van der Waals surface area contributed by atoms with Gasteiger partial charge in [-0.2, -0.15) is 13.2 Å². The monoisotopic (exact) mass is 703 g/mol. The van der Waals surface area contributed by atoms with Gasteiger partial charge in [0.2, 0.25) is 11.8 Å². The van der Waals surface area contributed by atoms with E-state index in [1.165, 1.54) is 42.5 Å². The van der Waals surface area contributed by atoms with Crippen LogP contribution in [0.15, 0.2) is 102 Å². The molecule has 4 aromatic carbocycles. The first kappa shape index (κ1) is 36.4. The topological polar surface area (TPSA) is 86.8 Å². The molecule has 0 fully saturated rings. The van der Waals surface area contributed by atoms with Crippen LogP contribution < -0.4 is 9.62 Å². The first-order valence-electron chi connectivity index (χ1n) is 15.0. The van der Waals surface area contributed by atoms with Gasteiger partial charge in [0.05, 0.1) is 21.2 Å². The molecule has 0 aliphatic heterocycles. The summed E-state index contributed by atoms with van der Waals surface area (Å²) in [5, 5.41) is 2.10. The van der Waals surface area contributed by atoms with Crippen molar-refractivity contribution < 1.29 is 35.6 Å². The second-order valence-corrected chi connectivity index (χ2v) is 13.4. The van der Waals surface area contributed by atoms with Crippen molar-refractivity contribution in [1.29, 1.82) is 0 Å². The van der Waals surface area contributed by atoms with E-state index in [1.807, 2.05) is 6.92 Å². The predicted octanol–water partition coefficient (Wildman–Crippen LogP) is 7.17. The van der Waals surface area contributed by atoms with Crippen LogP contribution in [0.25, 0.3) is 0 Å². The highest BCUT2D eigenvalue weighted by atomic mass is 35.5. The van der Waals surface area contributed by atoms with E-state index in [9.17, 15) is 31.2 Å². The number of amides is 2. The molecule has 4 aromatic rings. The van der Waals surface area contributed by atoms with Crippen molar-refractivity contribution in [2.24, 2.45) is 0 Å². The predicted molar refractivity (Wildman–Crippen MR) is 176 cm³/mol. The van der Waals surface area contributed by atoms with Gasteiger partial charge in [-0.1, -0.05) is 84.8 Å². The van der Waals surface area contributed by atoms with E-state index in [1.54, 1.807) is 43.3 Å². The molecule has 7 nitrogen and oxygen atoms in total. The summed E-state index contributed by atoms with van der Waals surface area (Å²) in [6.07, 6.45) is -4.38. The Balaban J connectivity index is 1.87. The number of carbonyl (C=O) groups is 2. The van der Waals surface area contributed by atoms with Gasteiger partial charge in [0, 0.05) is 25.1 Å². The highest BCUT2D eigenvalue weighted by molar-refractivity contribution is 7.92. The largest absolute Gasteiger partial charge is 0.417 e. The van der Waals surface area contributed by atoms with E-state index in [0.29, 0.717) is 22.4 Å². The maximum absolute atomic E-state index is 15.0. The lowest BCUT2D eigenvalue weighted by atomic mass is 10.0. The Labute approximate surface area is 282 Å². The lowest BCUT2D eigenvalue weighted by Gasteiger charge is -2.34. The molecule has 0 saturated heterocycles. The molecule has 0 radical (unpaired) electrons. The van der Waals surface area contributed by atoms with Crippen LogP contribution in [0.4, 0.5) is 23.2 Å². The molecule has 0 spiro atoms. The van der Waals surface area contributed by atoms with Gasteiger partial charge in [0.25, 0.3) is 10.0 Å². The van der Waals surface area contributed by atoms with Crippen molar-refractivity contribution in [3.63, 3.8) is 0 Å². The lowest BCUT2D eigenvalue weighted by Crippen LogP contribution is -2.53. The smallest absolute Gasteiger partial charge is 0.354 e. The molecule has 48 heavy (non-hydrogen) atoms. The number of benzene rings is 4. The van der Waals surface area contributed by atoms with E-state index in [4.69, 9.17) is 11.6 Å². The quantitative estimate of drug-likeness (QED) is 0.150. The van der Waals surface area contributed by atoms with Crippen LogP contribution in [-0.2, 0) is 38.8 Å². The SMILES string of the molecule is CCCNC(=O)[C@@H](Cc1ccccc1)N(Cc1ccccc1F)C(=O)CN(c1ccc(Cl)c(C(F)(F)F)c1)S(=O)(=O)c1ccc(C)cc1. The number of hydrogen-bond donors (Lipinski definition) is 1. The summed E-state index contributed by atoms with van der Waals surface area (Å²) in [5.74, 6) is -2.19. The average molecular weight is 704 g/mol. The maximum Gasteiger partial charge on any atom is 0.417 e. The Hall–Kier alpha value is -4.42. The summed E-state index contributed by atoms with van der Waals surface area (Å²) in [6.45, 7) is 2.38. The van der Waals surface area contributed by atoms with E-state index in [-0.39, 0.29) is 23.4 Å². The highest BCUT2D eigenvalue weighted by Crippen LogP contribution is 2.38. The van der Waals surface area contributed by atoms with Gasteiger partial charge in [0.15, 0.2) is 0 Å². The molecule has 0 aliphatic rings. The number of nitrogens with zero attached hydrogens (tertiary/aromatic N) is 2. The number of halogens is 5. The number of sulfonamides is 1. The van der Waals surface area contributed by atoms with Crippen molar-refractivity contribution in [2.45, 2.75) is 50.3 Å². The molecule has 0 aromatic heterocycles. The molecule has 1 N–H and O–H groups in total. The lowest BCUT2D eigenvalue weighted by molar-refractivity contribution is -0.140. The Morgan fingerprint density at radius 3 is 2.19 bits per heavy atom. The van der Waals surface area contributed by atoms with E-state index in [0.717, 1.165) is 22.6 Å². The molecule has 2 amide bonds. The third-order valence-electron chi connectivity index (χ3n) is 7.55. The van der Waals surface area contributed by atoms with Gasteiger partial charge < -0.3 is 10.2 Å². The van der Waals surface area contributed by atoms with Gasteiger partial charge in [-0.25, -0.2) is 12.8 Å². The van der Waals surface area contributed by atoms with Crippen molar-refractivity contribution in [3.8, 4) is 0 Å². The molecule has 13 heteroatoms. The first-order valence-corrected chi connectivity index (χ1v) is 16.8. The van der Waals surface area contributed by atoms with Crippen molar-refractivity contribution in [1.82, 2.24) is 10.2 Å². The molecule has 4 rings (SSSR count). The minimum Gasteiger partial charge on any atom is -0.354 e. The fourth-order valence-corrected chi connectivity index (χ4v) is 6.61. The third kappa shape index (κ3) is 8.93. The number of carbonyl (C=O) groups excluding carboxylic acids is 2. The number of rotatable bonds is 13. The Kier molecular flexibility index (Phi) is 11.9. The summed E-state index contributed by atoms with van der Waals surface area (Å²) in [6, 6.07) is 21.2. The van der Waals surface area contributed by atoms with Crippen LogP contribution >= 0.6 is 11.6 Å². The number of nitrogens with one attached hydrogen (secondary N) is 1. The molecular formula is C35H34ClF4N3O4S. The summed E-state index contributed by atoms with van der Waals surface area (Å²) in [5.41, 5.74) is -0.354. The zero-order valence-electron chi connectivity index (χ0n) is 26.2. The average Bonchev–Trinajstić information content (AvgIpc) is 3.05. The molecule has 1 atom stereocenters. The minimum atomic E-state index is -4.94. The van der Waals surface area contributed by atoms with E-state index < -0.39 is 69.2 Å². The second kappa shape index (κ2) is 15.7. The van der Waals surface area contributed by atoms with Gasteiger partial charge in [-0.05, 0) is 55.3 Å². The van der Waals surface area contributed by atoms with Crippen molar-refractivity contribution in [3.05, 3.63) is 130 Å². The molecule has 0 bridgehead atoms. The van der Waals surface area contributed by atoms with Crippen LogP contribution in [-0.4, -0.2) is 44.3 Å². The molecular weight excluding hydrogens is 670 g/mol. The summed E-state index contributed by atoms with van der Waals surface area (Å²) >= 11 is 5.85. The standard InChI is InChI=1S/C35H34ClF4N3O4S/c1-3-19-41-34(45)32(20-25-9-5-4-6-10-25)42(22-26-11-7-8-12-31(26)37)33(44)23-43(48(46,47)28-16-13-24(2)14-17-28)27-15-18-30(36)29(21-27)35(38,39)40/h4-18,21,32H,3,19-20,22-23H2,1-2H3,(H,41,45)/t32-/m1/s1. The van der Waals surface area contributed by atoms with Crippen LogP contribution in [0, 0.1) is 12.7 Å². The molecule has 0 heterocycles. The fraction of sp³-hybridized carbons (Fsp3) is 0.257. The first-order chi connectivity index (χ1) is 22.7. The van der Waals surface area contributed by atoms with Gasteiger partial charge >= 0.3 is 6.18 Å². The van der Waals surface area contributed by atoms with Crippen LogP contribution in [0.3, 0.4) is 0 Å². The number of aryl methyl sites for hydroxylation is 1. The molecule has 254 valence electrons. The number of alkyl halides is 3. The van der Waals surface area contributed by atoms with Crippen LogP contribution in [0.2, 0.25) is 5.02 Å². The second-order valence-electron chi connectivity index (χ2n) is 11.1. The van der Waals surface area contributed by atoms with Gasteiger partial charge in [-0.15, -0.1) is 0 Å². The van der Waals surface area contributed by atoms with Gasteiger partial charge in [-0.3, -0.25) is 13.9 Å². The minimum absolute atomic E-state index is 0.0134. The zero-order chi connectivity index (χ0) is 35.1. The normalized spacial score (nSPS) is 12.3. The summed E-state index contributed by atoms with van der Waals surface area (Å²) in [7, 11) is -4.67. The number of anilines is 1. The van der Waals surface area contributed by atoms with Crippen molar-refractivity contribution >= 4 is 39.1 Å². The van der Waals surface area contributed by atoms with E-state index >= 15 is 4.39 Å². The van der Waals surface area contributed by atoms with Crippen molar-refractivity contribution in [2.75, 3.05) is 17.4 Å². The van der Waals surface area contributed by atoms with Crippen LogP contribution in [0.1, 0.15) is 35.6 Å². The maximum atomic E-state index is 15.0. The highest BCUT2D eigenvalue weighted by Gasteiger charge is 2.38. The third-order valence-corrected chi connectivity index (χ3v) is 9.67. The number of hydrogen-bond acceptors (Lipinski definition) is 4. The Morgan fingerprint density at radius 1 is 0.917 bits per heavy atom. The molecule has 0 unspecified atom stereocenters. The Morgan fingerprint density at radius 2 is 1.56 bits per heavy atom. The van der Waals surface area contributed by atoms with Gasteiger partial charge in [0.1, 0.15) is 18.4 Å². The summed E-state index contributed by atoms with van der Waals surface area (Å²) in [4.78, 5) is 28.8. The molecule has 0 saturated carbocycles. The Bertz CT molecular complexity index is 1840. The fourth-order valence-electron chi connectivity index (χ4n) is 4.98. The van der Waals surface area contributed by atoms with E-state index in [2.05, 4.69) is 5.32 Å². The molecule has 0 aliphatic carbocycles.